The number of carbonyl (C=O) groups excluding carboxylic acids is 1. The number of carbonyl (C=O) groups is 1. The fourth-order valence-corrected chi connectivity index (χ4v) is 4.22. The summed E-state index contributed by atoms with van der Waals surface area (Å²) in [5.74, 6) is -0.296. The summed E-state index contributed by atoms with van der Waals surface area (Å²) in [5, 5.41) is 2.70. The van der Waals surface area contributed by atoms with E-state index in [0.717, 1.165) is 12.8 Å². The number of nitrogens with zero attached hydrogens (tertiary/aromatic N) is 1. The molecule has 0 aliphatic carbocycles. The number of hydrogen-bond donors (Lipinski definition) is 1. The number of amides is 1. The quantitative estimate of drug-likeness (QED) is 0.796. The van der Waals surface area contributed by atoms with E-state index in [0.29, 0.717) is 37.4 Å². The van der Waals surface area contributed by atoms with Crippen LogP contribution in [0.5, 0.6) is 0 Å². The number of rotatable bonds is 6. The van der Waals surface area contributed by atoms with Crippen molar-refractivity contribution in [3.05, 3.63) is 29.3 Å². The molecule has 1 saturated heterocycles. The molecule has 1 fully saturated rings. The van der Waals surface area contributed by atoms with Gasteiger partial charge in [0.05, 0.1) is 11.5 Å². The first-order valence-electron chi connectivity index (χ1n) is 7.35. The maximum atomic E-state index is 12.7. The monoisotopic (exact) mass is 326 g/mol. The zero-order valence-electron chi connectivity index (χ0n) is 13.0. The van der Waals surface area contributed by atoms with Gasteiger partial charge in [-0.3, -0.25) is 4.79 Å². The minimum absolute atomic E-state index is 0.216. The summed E-state index contributed by atoms with van der Waals surface area (Å²) in [6.45, 7) is 3.64. The second kappa shape index (κ2) is 7.21. The van der Waals surface area contributed by atoms with Gasteiger partial charge in [0.1, 0.15) is 0 Å². The van der Waals surface area contributed by atoms with Gasteiger partial charge >= 0.3 is 0 Å². The third-order valence-corrected chi connectivity index (χ3v) is 5.77. The van der Waals surface area contributed by atoms with Gasteiger partial charge in [0, 0.05) is 32.3 Å². The molecule has 0 spiro atoms. The zero-order chi connectivity index (χ0) is 16.2. The molecule has 122 valence electrons. The highest BCUT2D eigenvalue weighted by molar-refractivity contribution is 7.89. The van der Waals surface area contributed by atoms with Crippen molar-refractivity contribution >= 4 is 15.9 Å². The number of nitrogens with one attached hydrogen (secondary N) is 1. The van der Waals surface area contributed by atoms with Crippen molar-refractivity contribution in [1.29, 1.82) is 0 Å². The Balaban J connectivity index is 2.25. The third kappa shape index (κ3) is 3.66. The van der Waals surface area contributed by atoms with Gasteiger partial charge in [-0.1, -0.05) is 6.07 Å². The van der Waals surface area contributed by atoms with Crippen LogP contribution in [0.1, 0.15) is 28.8 Å². The predicted octanol–water partition coefficient (Wildman–Crippen LogP) is 1.16. The first-order chi connectivity index (χ1) is 10.5. The highest BCUT2D eigenvalue weighted by atomic mass is 32.2. The van der Waals surface area contributed by atoms with Crippen molar-refractivity contribution < 1.29 is 17.9 Å². The molecular formula is C15H22N2O4S. The molecule has 7 heteroatoms. The van der Waals surface area contributed by atoms with Crippen LogP contribution in [-0.4, -0.2) is 52.0 Å². The molecule has 1 aromatic rings. The maximum Gasteiger partial charge on any atom is 0.251 e. The highest BCUT2D eigenvalue weighted by Gasteiger charge is 2.29. The van der Waals surface area contributed by atoms with E-state index < -0.39 is 10.0 Å². The van der Waals surface area contributed by atoms with E-state index in [1.54, 1.807) is 26.2 Å². The lowest BCUT2D eigenvalue weighted by atomic mass is 10.1. The van der Waals surface area contributed by atoms with Crippen LogP contribution in [0.3, 0.4) is 0 Å². The molecule has 0 radical (unpaired) electrons. The van der Waals surface area contributed by atoms with E-state index in [-0.39, 0.29) is 10.8 Å². The minimum atomic E-state index is -3.52. The van der Waals surface area contributed by atoms with E-state index >= 15 is 0 Å². The molecule has 0 unspecified atom stereocenters. The number of aryl methyl sites for hydroxylation is 1. The van der Waals surface area contributed by atoms with Gasteiger partial charge in [-0.15, -0.1) is 0 Å². The van der Waals surface area contributed by atoms with E-state index in [1.165, 1.54) is 10.4 Å². The summed E-state index contributed by atoms with van der Waals surface area (Å²) < 4.78 is 31.7. The Labute approximate surface area is 131 Å². The van der Waals surface area contributed by atoms with Gasteiger partial charge < -0.3 is 10.1 Å². The second-order valence-electron chi connectivity index (χ2n) is 5.34. The molecule has 0 saturated carbocycles. The Morgan fingerprint density at radius 1 is 1.32 bits per heavy atom. The molecule has 0 aromatic heterocycles. The molecule has 1 heterocycles. The van der Waals surface area contributed by atoms with Crippen LogP contribution in [0.2, 0.25) is 0 Å². The second-order valence-corrected chi connectivity index (χ2v) is 7.25. The fourth-order valence-electron chi connectivity index (χ4n) is 2.46. The average Bonchev–Trinajstić information content (AvgIpc) is 3.02. The lowest BCUT2D eigenvalue weighted by molar-refractivity contribution is 0.0937. The number of benzene rings is 1. The molecule has 1 amide bonds. The Hall–Kier alpha value is -1.44. The summed E-state index contributed by atoms with van der Waals surface area (Å²) in [5.41, 5.74) is 1.000. The smallest absolute Gasteiger partial charge is 0.251 e. The van der Waals surface area contributed by atoms with Gasteiger partial charge in [0.15, 0.2) is 0 Å². The molecule has 1 aromatic carbocycles. The maximum absolute atomic E-state index is 12.7. The van der Waals surface area contributed by atoms with Crippen LogP contribution in [0.25, 0.3) is 0 Å². The van der Waals surface area contributed by atoms with Gasteiger partial charge in [-0.05, 0) is 37.5 Å². The first kappa shape index (κ1) is 16.9. The molecule has 0 bridgehead atoms. The van der Waals surface area contributed by atoms with Gasteiger partial charge in [-0.25, -0.2) is 8.42 Å². The molecule has 0 atom stereocenters. The molecule has 1 N–H and O–H groups in total. The van der Waals surface area contributed by atoms with Crippen molar-refractivity contribution in [2.75, 3.05) is 33.4 Å². The average molecular weight is 326 g/mol. The Kier molecular flexibility index (Phi) is 5.55. The summed E-state index contributed by atoms with van der Waals surface area (Å²) >= 11 is 0. The van der Waals surface area contributed by atoms with E-state index in [1.807, 2.05) is 0 Å². The van der Waals surface area contributed by atoms with Crippen molar-refractivity contribution in [2.45, 2.75) is 24.7 Å². The van der Waals surface area contributed by atoms with Gasteiger partial charge in [-0.2, -0.15) is 4.31 Å². The van der Waals surface area contributed by atoms with Crippen LogP contribution in [0.4, 0.5) is 0 Å². The fraction of sp³-hybridized carbons (Fsp3) is 0.533. The highest BCUT2D eigenvalue weighted by Crippen LogP contribution is 2.24. The zero-order valence-corrected chi connectivity index (χ0v) is 13.8. The third-order valence-electron chi connectivity index (χ3n) is 3.72. The predicted molar refractivity (Wildman–Crippen MR) is 83.4 cm³/mol. The SMILES string of the molecule is COCCNC(=O)c1ccc(C)c(S(=O)(=O)N2CCCC2)c1. The Morgan fingerprint density at radius 2 is 2.00 bits per heavy atom. The van der Waals surface area contributed by atoms with Crippen LogP contribution in [0.15, 0.2) is 23.1 Å². The van der Waals surface area contributed by atoms with Crippen molar-refractivity contribution in [3.8, 4) is 0 Å². The largest absolute Gasteiger partial charge is 0.383 e. The summed E-state index contributed by atoms with van der Waals surface area (Å²) in [6.07, 6.45) is 1.77. The summed E-state index contributed by atoms with van der Waals surface area (Å²) in [4.78, 5) is 12.3. The van der Waals surface area contributed by atoms with Crippen LogP contribution in [0, 0.1) is 6.92 Å². The van der Waals surface area contributed by atoms with Crippen molar-refractivity contribution in [3.63, 3.8) is 0 Å². The number of methoxy groups -OCH3 is 1. The molecule has 22 heavy (non-hydrogen) atoms. The first-order valence-corrected chi connectivity index (χ1v) is 8.79. The Bertz CT molecular complexity index is 637. The Morgan fingerprint density at radius 3 is 2.64 bits per heavy atom. The molecule has 1 aliphatic heterocycles. The van der Waals surface area contributed by atoms with Crippen molar-refractivity contribution in [1.82, 2.24) is 9.62 Å². The molecular weight excluding hydrogens is 304 g/mol. The normalized spacial score (nSPS) is 15.9. The molecule has 1 aliphatic rings. The van der Waals surface area contributed by atoms with Gasteiger partial charge in [0.25, 0.3) is 5.91 Å². The van der Waals surface area contributed by atoms with Crippen LogP contribution < -0.4 is 5.32 Å². The lowest BCUT2D eigenvalue weighted by Gasteiger charge is -2.17. The number of sulfonamides is 1. The van der Waals surface area contributed by atoms with E-state index in [4.69, 9.17) is 4.74 Å². The van der Waals surface area contributed by atoms with Crippen LogP contribution >= 0.6 is 0 Å². The van der Waals surface area contributed by atoms with E-state index in [2.05, 4.69) is 5.32 Å². The number of ether oxygens (including phenoxy) is 1. The number of hydrogen-bond acceptors (Lipinski definition) is 4. The van der Waals surface area contributed by atoms with E-state index in [9.17, 15) is 13.2 Å². The minimum Gasteiger partial charge on any atom is -0.383 e. The molecule has 6 nitrogen and oxygen atoms in total. The van der Waals surface area contributed by atoms with Crippen molar-refractivity contribution in [2.24, 2.45) is 0 Å². The van der Waals surface area contributed by atoms with Crippen LogP contribution in [-0.2, 0) is 14.8 Å². The molecule has 2 rings (SSSR count). The summed E-state index contributed by atoms with van der Waals surface area (Å²) in [7, 11) is -1.97. The van der Waals surface area contributed by atoms with Gasteiger partial charge in [0.2, 0.25) is 10.0 Å². The topological polar surface area (TPSA) is 75.7 Å². The standard InChI is InChI=1S/C15H22N2O4S/c1-12-5-6-13(15(18)16-7-10-21-2)11-14(12)22(19,20)17-8-3-4-9-17/h5-6,11H,3-4,7-10H2,1-2H3,(H,16,18). The summed E-state index contributed by atoms with van der Waals surface area (Å²) in [6, 6.07) is 4.78. The lowest BCUT2D eigenvalue weighted by Crippen LogP contribution is -2.30.